The Morgan fingerprint density at radius 3 is 2.49 bits per heavy atom. The van der Waals surface area contributed by atoms with Gasteiger partial charge in [0.2, 0.25) is 0 Å². The molecule has 3 aliphatic rings. The van der Waals surface area contributed by atoms with Crippen LogP contribution in [0.4, 0.5) is 0 Å². The molecule has 0 aromatic heterocycles. The first kappa shape index (κ1) is 28.6. The smallest absolute Gasteiger partial charge is 0.340 e. The number of carbonyl (C=O) groups excluding carboxylic acids is 1. The lowest BCUT2D eigenvalue weighted by molar-refractivity contribution is -0.219. The number of esters is 1. The first-order valence-corrected chi connectivity index (χ1v) is 15.7. The summed E-state index contributed by atoms with van der Waals surface area (Å²) in [6, 6.07) is 21.0. The van der Waals surface area contributed by atoms with Gasteiger partial charge in [0.15, 0.2) is 5.60 Å². The van der Waals surface area contributed by atoms with E-state index in [1.807, 2.05) is 18.2 Å². The molecule has 2 aromatic rings. The van der Waals surface area contributed by atoms with E-state index in [1.54, 1.807) is 5.57 Å². The van der Waals surface area contributed by atoms with Gasteiger partial charge in [-0.15, -0.1) is 0 Å². The van der Waals surface area contributed by atoms with Crippen LogP contribution in [0.1, 0.15) is 69.9 Å². The second kappa shape index (κ2) is 12.3. The van der Waals surface area contributed by atoms with Crippen molar-refractivity contribution in [1.82, 2.24) is 5.06 Å². The van der Waals surface area contributed by atoms with Crippen molar-refractivity contribution < 1.29 is 14.4 Å². The molecule has 0 spiro atoms. The highest BCUT2D eigenvalue weighted by molar-refractivity contribution is 9.11. The van der Waals surface area contributed by atoms with Crippen LogP contribution >= 0.6 is 15.9 Å². The molecule has 2 saturated carbocycles. The maximum Gasteiger partial charge on any atom is 0.340 e. The Hall–Kier alpha value is -1.95. The summed E-state index contributed by atoms with van der Waals surface area (Å²) in [6.07, 6.45) is 9.51. The van der Waals surface area contributed by atoms with E-state index in [0.717, 1.165) is 24.9 Å². The van der Waals surface area contributed by atoms with Crippen LogP contribution in [0, 0.1) is 23.2 Å². The fourth-order valence-corrected chi connectivity index (χ4v) is 8.83. The zero-order valence-electron chi connectivity index (χ0n) is 23.8. The number of methoxy groups -OCH3 is 1. The van der Waals surface area contributed by atoms with Crippen LogP contribution in [0.5, 0.6) is 0 Å². The summed E-state index contributed by atoms with van der Waals surface area (Å²) in [7, 11) is 1.49. The van der Waals surface area contributed by atoms with Crippen molar-refractivity contribution in [3.8, 4) is 0 Å². The minimum absolute atomic E-state index is 0.170. The van der Waals surface area contributed by atoms with Crippen LogP contribution in [-0.4, -0.2) is 36.3 Å². The molecule has 0 bridgehead atoms. The van der Waals surface area contributed by atoms with E-state index in [1.165, 1.54) is 44.8 Å². The summed E-state index contributed by atoms with van der Waals surface area (Å²) in [5.74, 6) is 1.66. The number of hydrogen-bond acceptors (Lipinski definition) is 4. The molecule has 2 aromatic carbocycles. The number of hydrogen-bond donors (Lipinski definition) is 0. The molecule has 1 saturated heterocycles. The fourth-order valence-electron chi connectivity index (χ4n) is 8.28. The van der Waals surface area contributed by atoms with Gasteiger partial charge >= 0.3 is 5.97 Å². The van der Waals surface area contributed by atoms with Gasteiger partial charge in [0, 0.05) is 25.4 Å². The van der Waals surface area contributed by atoms with Crippen LogP contribution in [0.3, 0.4) is 0 Å². The molecule has 2 aliphatic carbocycles. The quantitative estimate of drug-likeness (QED) is 0.277. The van der Waals surface area contributed by atoms with Gasteiger partial charge in [-0.2, -0.15) is 5.06 Å². The Balaban J connectivity index is 1.38. The predicted octanol–water partition coefficient (Wildman–Crippen LogP) is 7.91. The lowest BCUT2D eigenvalue weighted by atomic mass is 9.61. The van der Waals surface area contributed by atoms with Crippen molar-refractivity contribution in [1.29, 1.82) is 0 Å². The van der Waals surface area contributed by atoms with E-state index in [2.05, 4.69) is 82.3 Å². The highest BCUT2D eigenvalue weighted by Crippen LogP contribution is 2.60. The van der Waals surface area contributed by atoms with Crippen molar-refractivity contribution in [2.24, 2.45) is 23.2 Å². The van der Waals surface area contributed by atoms with Crippen LogP contribution in [-0.2, 0) is 27.2 Å². The third-order valence-corrected chi connectivity index (χ3v) is 10.7. The summed E-state index contributed by atoms with van der Waals surface area (Å²) >= 11 is 3.67. The third kappa shape index (κ3) is 5.92. The van der Waals surface area contributed by atoms with E-state index in [4.69, 9.17) is 9.57 Å². The number of ether oxygens (including phenoxy) is 1. The van der Waals surface area contributed by atoms with Crippen molar-refractivity contribution >= 4 is 21.9 Å². The van der Waals surface area contributed by atoms with E-state index < -0.39 is 5.60 Å². The average molecular weight is 595 g/mol. The van der Waals surface area contributed by atoms with Gasteiger partial charge in [0.25, 0.3) is 0 Å². The lowest BCUT2D eigenvalue weighted by Gasteiger charge is -2.44. The second-order valence-corrected chi connectivity index (χ2v) is 12.9. The first-order chi connectivity index (χ1) is 18.9. The Kier molecular flexibility index (Phi) is 9.00. The molecule has 3 fully saturated rings. The zero-order valence-corrected chi connectivity index (χ0v) is 25.4. The molecular weight excluding hydrogens is 550 g/mol. The van der Waals surface area contributed by atoms with Gasteiger partial charge < -0.3 is 4.74 Å². The zero-order chi connectivity index (χ0) is 27.5. The lowest BCUT2D eigenvalue weighted by Crippen LogP contribution is -2.43. The van der Waals surface area contributed by atoms with Gasteiger partial charge in [0.1, 0.15) is 0 Å². The standard InChI is InChI=1S/C34H44BrNO3/c1-25(30-16-17-31-28(24-35)15-10-19-33(30,31)2)21-29-23-34(32(37)38-3,22-27-13-8-5-9-14-27)39-36(29)20-18-26-11-6-4-7-12-26/h4-9,11-14,24-25,29-31H,10,15-23H2,1-3H3/t25-,29?,30-,31+,33-,34?/m1/s1. The minimum atomic E-state index is -0.990. The van der Waals surface area contributed by atoms with E-state index >= 15 is 0 Å². The van der Waals surface area contributed by atoms with Crippen molar-refractivity contribution in [3.63, 3.8) is 0 Å². The molecule has 5 heteroatoms. The number of fused-ring (bicyclic) bond motifs is 1. The molecule has 1 aliphatic heterocycles. The molecule has 5 rings (SSSR count). The second-order valence-electron chi connectivity index (χ2n) is 12.5. The molecule has 1 heterocycles. The normalized spacial score (nSPS) is 32.7. The first-order valence-electron chi connectivity index (χ1n) is 14.8. The number of allylic oxidation sites excluding steroid dienone is 1. The molecular formula is C34H44BrNO3. The van der Waals surface area contributed by atoms with Crippen LogP contribution in [0.2, 0.25) is 0 Å². The topological polar surface area (TPSA) is 38.8 Å². The van der Waals surface area contributed by atoms with E-state index in [0.29, 0.717) is 36.0 Å². The maximum absolute atomic E-state index is 13.4. The molecule has 4 nitrogen and oxygen atoms in total. The van der Waals surface area contributed by atoms with E-state index in [9.17, 15) is 4.79 Å². The molecule has 0 radical (unpaired) electrons. The van der Waals surface area contributed by atoms with Gasteiger partial charge in [0.05, 0.1) is 7.11 Å². The number of carbonyl (C=O) groups is 1. The van der Waals surface area contributed by atoms with Crippen molar-refractivity contribution in [2.45, 2.75) is 83.3 Å². The Morgan fingerprint density at radius 2 is 1.82 bits per heavy atom. The monoisotopic (exact) mass is 593 g/mol. The molecule has 210 valence electrons. The number of halogens is 1. The fraction of sp³-hybridized carbons (Fsp3) is 0.559. The number of benzene rings is 2. The van der Waals surface area contributed by atoms with Crippen molar-refractivity contribution in [3.05, 3.63) is 82.3 Å². The Bertz CT molecular complexity index is 1140. The Morgan fingerprint density at radius 1 is 1.13 bits per heavy atom. The average Bonchev–Trinajstić information content (AvgIpc) is 3.50. The van der Waals surface area contributed by atoms with Gasteiger partial charge in [-0.1, -0.05) is 96.0 Å². The molecule has 39 heavy (non-hydrogen) atoms. The van der Waals surface area contributed by atoms with Crippen LogP contribution in [0.15, 0.2) is 71.2 Å². The summed E-state index contributed by atoms with van der Waals surface area (Å²) in [5.41, 5.74) is 3.36. The van der Waals surface area contributed by atoms with Gasteiger partial charge in [-0.05, 0) is 84.2 Å². The van der Waals surface area contributed by atoms with Gasteiger partial charge in [-0.25, -0.2) is 4.79 Å². The number of rotatable bonds is 9. The molecule has 0 amide bonds. The number of hydroxylamine groups is 2. The third-order valence-electron chi connectivity index (χ3n) is 10.1. The SMILES string of the molecule is COC(=O)C1(Cc2ccccc2)CC(C[C@@H](C)[C@H]2CC[C@H]3C(=CBr)CCC[C@]23C)N(CCc2ccccc2)O1. The largest absolute Gasteiger partial charge is 0.467 e. The molecule has 6 atom stereocenters. The molecule has 2 unspecified atom stereocenters. The summed E-state index contributed by atoms with van der Waals surface area (Å²) in [4.78, 5) is 22.3. The van der Waals surface area contributed by atoms with Crippen LogP contribution < -0.4 is 0 Å². The van der Waals surface area contributed by atoms with Crippen molar-refractivity contribution in [2.75, 3.05) is 13.7 Å². The van der Waals surface area contributed by atoms with E-state index in [-0.39, 0.29) is 12.0 Å². The molecule has 0 N–H and O–H groups in total. The summed E-state index contributed by atoms with van der Waals surface area (Å²) in [5, 5.41) is 2.14. The number of nitrogens with zero attached hydrogens (tertiary/aromatic N) is 1. The van der Waals surface area contributed by atoms with Gasteiger partial charge in [-0.3, -0.25) is 4.84 Å². The Labute approximate surface area is 243 Å². The minimum Gasteiger partial charge on any atom is -0.467 e. The predicted molar refractivity (Wildman–Crippen MR) is 160 cm³/mol. The summed E-state index contributed by atoms with van der Waals surface area (Å²) in [6.45, 7) is 5.76. The van der Waals surface area contributed by atoms with Crippen LogP contribution in [0.25, 0.3) is 0 Å². The highest BCUT2D eigenvalue weighted by Gasteiger charge is 2.55. The highest BCUT2D eigenvalue weighted by atomic mass is 79.9. The maximum atomic E-state index is 13.4. The summed E-state index contributed by atoms with van der Waals surface area (Å²) < 4.78 is 5.38.